The third-order valence-electron chi connectivity index (χ3n) is 3.58. The van der Waals surface area contributed by atoms with Crippen molar-refractivity contribution in [2.75, 3.05) is 32.0 Å². The Hall–Kier alpha value is -1.01. The Morgan fingerprint density at radius 3 is 2.61 bits per heavy atom. The van der Waals surface area contributed by atoms with Gasteiger partial charge in [0.05, 0.1) is 29.9 Å². The molecule has 1 aliphatic heterocycles. The smallest absolute Gasteiger partial charge is 0.244 e. The van der Waals surface area contributed by atoms with Crippen LogP contribution < -0.4 is 4.72 Å². The highest BCUT2D eigenvalue weighted by Crippen LogP contribution is 2.16. The molecule has 11 heteroatoms. The van der Waals surface area contributed by atoms with Gasteiger partial charge in [-0.3, -0.25) is 5.10 Å². The number of aryl methyl sites for hydroxylation is 2. The minimum atomic E-state index is -3.79. The van der Waals surface area contributed by atoms with E-state index in [1.165, 1.54) is 4.31 Å². The second-order valence-electron chi connectivity index (χ2n) is 5.52. The summed E-state index contributed by atoms with van der Waals surface area (Å²) < 4.78 is 58.0. The molecule has 23 heavy (non-hydrogen) atoms. The molecular weight excluding hydrogens is 344 g/mol. The molecule has 1 atom stereocenters. The lowest BCUT2D eigenvalue weighted by atomic mass is 10.3. The van der Waals surface area contributed by atoms with E-state index in [9.17, 15) is 16.8 Å². The molecule has 132 valence electrons. The maximum absolute atomic E-state index is 12.3. The Morgan fingerprint density at radius 2 is 2.04 bits per heavy atom. The highest BCUT2D eigenvalue weighted by Gasteiger charge is 2.28. The van der Waals surface area contributed by atoms with Gasteiger partial charge in [-0.2, -0.15) is 9.40 Å². The molecule has 0 spiro atoms. The lowest BCUT2D eigenvalue weighted by Gasteiger charge is -2.30. The number of aromatic amines is 1. The fraction of sp³-hybridized carbons (Fsp3) is 0.750. The van der Waals surface area contributed by atoms with Crippen molar-refractivity contribution in [2.24, 2.45) is 0 Å². The topological polar surface area (TPSA) is 121 Å². The predicted molar refractivity (Wildman–Crippen MR) is 84.0 cm³/mol. The molecule has 0 aliphatic carbocycles. The normalized spacial score (nSPS) is 20.7. The molecule has 2 N–H and O–H groups in total. The summed E-state index contributed by atoms with van der Waals surface area (Å²) in [6, 6.07) is 0. The SMILES string of the molecule is Cc1n[nH]c(C)c1S(=O)(=O)NCCS(=O)(=O)N1CCOC(C)C1. The summed E-state index contributed by atoms with van der Waals surface area (Å²) in [5.41, 5.74) is 0.764. The molecule has 0 radical (unpaired) electrons. The highest BCUT2D eigenvalue weighted by molar-refractivity contribution is 7.90. The zero-order valence-corrected chi connectivity index (χ0v) is 15.0. The Labute approximate surface area is 136 Å². The summed E-state index contributed by atoms with van der Waals surface area (Å²) in [6.45, 7) is 5.70. The molecule has 0 amide bonds. The number of hydrogen-bond donors (Lipinski definition) is 2. The zero-order chi connectivity index (χ0) is 17.3. The van der Waals surface area contributed by atoms with Crippen LogP contribution in [0.4, 0.5) is 0 Å². The lowest BCUT2D eigenvalue weighted by Crippen LogP contribution is -2.46. The Morgan fingerprint density at radius 1 is 1.35 bits per heavy atom. The van der Waals surface area contributed by atoms with Crippen molar-refractivity contribution in [3.05, 3.63) is 11.4 Å². The van der Waals surface area contributed by atoms with Gasteiger partial charge in [0.25, 0.3) is 0 Å². The summed E-state index contributed by atoms with van der Waals surface area (Å²) in [5.74, 6) is -0.297. The van der Waals surface area contributed by atoms with Crippen molar-refractivity contribution in [1.82, 2.24) is 19.2 Å². The van der Waals surface area contributed by atoms with Gasteiger partial charge >= 0.3 is 0 Å². The quantitative estimate of drug-likeness (QED) is 0.690. The summed E-state index contributed by atoms with van der Waals surface area (Å²) in [7, 11) is -7.32. The van der Waals surface area contributed by atoms with Crippen molar-refractivity contribution in [1.29, 1.82) is 0 Å². The number of hydrogen-bond acceptors (Lipinski definition) is 6. The largest absolute Gasteiger partial charge is 0.376 e. The van der Waals surface area contributed by atoms with E-state index in [1.54, 1.807) is 20.8 Å². The molecule has 1 aliphatic rings. The molecule has 1 unspecified atom stereocenters. The first kappa shape index (κ1) is 18.3. The fourth-order valence-electron chi connectivity index (χ4n) is 2.48. The fourth-order valence-corrected chi connectivity index (χ4v) is 5.42. The van der Waals surface area contributed by atoms with Crippen molar-refractivity contribution >= 4 is 20.0 Å². The van der Waals surface area contributed by atoms with Crippen LogP contribution in [0.5, 0.6) is 0 Å². The average molecular weight is 366 g/mol. The molecule has 1 aromatic heterocycles. The number of sulfonamides is 2. The molecule has 2 heterocycles. The highest BCUT2D eigenvalue weighted by atomic mass is 32.2. The van der Waals surface area contributed by atoms with E-state index < -0.39 is 20.0 Å². The Balaban J connectivity index is 1.99. The van der Waals surface area contributed by atoms with E-state index in [4.69, 9.17) is 4.74 Å². The van der Waals surface area contributed by atoms with E-state index in [1.807, 2.05) is 0 Å². The van der Waals surface area contributed by atoms with Crippen LogP contribution in [0.2, 0.25) is 0 Å². The van der Waals surface area contributed by atoms with Crippen molar-refractivity contribution < 1.29 is 21.6 Å². The van der Waals surface area contributed by atoms with Gasteiger partial charge in [-0.15, -0.1) is 0 Å². The van der Waals surface area contributed by atoms with Crippen molar-refractivity contribution in [3.8, 4) is 0 Å². The maximum atomic E-state index is 12.3. The van der Waals surface area contributed by atoms with Crippen LogP contribution in [0.15, 0.2) is 4.90 Å². The number of rotatable bonds is 6. The van der Waals surface area contributed by atoms with Gasteiger partial charge in [-0.05, 0) is 20.8 Å². The summed E-state index contributed by atoms with van der Waals surface area (Å²) in [5, 5.41) is 6.43. The zero-order valence-electron chi connectivity index (χ0n) is 13.4. The van der Waals surface area contributed by atoms with E-state index >= 15 is 0 Å². The first-order chi connectivity index (χ1) is 10.6. The van der Waals surface area contributed by atoms with Gasteiger partial charge in [-0.1, -0.05) is 0 Å². The standard InChI is InChI=1S/C12H22N4O5S2/c1-9-8-16(5-6-21-9)22(17,18)7-4-13-23(19,20)12-10(2)14-15-11(12)3/h9,13H,4-8H2,1-3H3,(H,14,15). The molecule has 0 saturated carbocycles. The van der Waals surface area contributed by atoms with E-state index in [-0.39, 0.29) is 29.8 Å². The van der Waals surface area contributed by atoms with E-state index in [0.29, 0.717) is 24.5 Å². The van der Waals surface area contributed by atoms with Crippen LogP contribution in [0, 0.1) is 13.8 Å². The number of nitrogens with zero attached hydrogens (tertiary/aromatic N) is 2. The molecule has 1 fully saturated rings. The van der Waals surface area contributed by atoms with Gasteiger partial charge in [0, 0.05) is 19.6 Å². The molecule has 9 nitrogen and oxygen atoms in total. The number of ether oxygens (including phenoxy) is 1. The third-order valence-corrected chi connectivity index (χ3v) is 7.14. The number of aromatic nitrogens is 2. The van der Waals surface area contributed by atoms with Gasteiger partial charge in [0.2, 0.25) is 20.0 Å². The summed E-state index contributed by atoms with van der Waals surface area (Å²) in [6.07, 6.45) is -0.161. The Kier molecular flexibility index (Phi) is 5.46. The lowest BCUT2D eigenvalue weighted by molar-refractivity contribution is 0.0102. The van der Waals surface area contributed by atoms with Crippen molar-refractivity contribution in [2.45, 2.75) is 31.8 Å². The maximum Gasteiger partial charge on any atom is 0.244 e. The van der Waals surface area contributed by atoms with Gasteiger partial charge in [0.15, 0.2) is 0 Å². The van der Waals surface area contributed by atoms with Crippen LogP contribution >= 0.6 is 0 Å². The molecule has 1 aromatic rings. The minimum absolute atomic E-state index is 0.0647. The second kappa shape index (κ2) is 6.85. The summed E-state index contributed by atoms with van der Waals surface area (Å²) >= 11 is 0. The van der Waals surface area contributed by atoms with Crippen LogP contribution in [0.3, 0.4) is 0 Å². The summed E-state index contributed by atoms with van der Waals surface area (Å²) in [4.78, 5) is 0.0647. The number of H-pyrrole nitrogens is 1. The van der Waals surface area contributed by atoms with Crippen LogP contribution in [-0.4, -0.2) is 69.4 Å². The number of morpholine rings is 1. The Bertz CT molecular complexity index is 737. The molecular formula is C12H22N4O5S2. The predicted octanol–water partition coefficient (Wildman–Crippen LogP) is -0.645. The van der Waals surface area contributed by atoms with Crippen molar-refractivity contribution in [3.63, 3.8) is 0 Å². The molecule has 0 bridgehead atoms. The van der Waals surface area contributed by atoms with Gasteiger partial charge < -0.3 is 4.74 Å². The third kappa shape index (κ3) is 4.29. The first-order valence-electron chi connectivity index (χ1n) is 7.24. The van der Waals surface area contributed by atoms with Crippen LogP contribution in [0.25, 0.3) is 0 Å². The number of nitrogens with one attached hydrogen (secondary N) is 2. The van der Waals surface area contributed by atoms with E-state index in [0.717, 1.165) is 0 Å². The van der Waals surface area contributed by atoms with Crippen LogP contribution in [0.1, 0.15) is 18.3 Å². The van der Waals surface area contributed by atoms with Gasteiger partial charge in [-0.25, -0.2) is 21.6 Å². The molecule has 0 aromatic carbocycles. The average Bonchev–Trinajstić information content (AvgIpc) is 2.78. The molecule has 1 saturated heterocycles. The minimum Gasteiger partial charge on any atom is -0.376 e. The van der Waals surface area contributed by atoms with Gasteiger partial charge in [0.1, 0.15) is 4.90 Å². The monoisotopic (exact) mass is 366 g/mol. The van der Waals surface area contributed by atoms with E-state index in [2.05, 4.69) is 14.9 Å². The molecule has 2 rings (SSSR count). The second-order valence-corrected chi connectivity index (χ2v) is 9.31. The first-order valence-corrected chi connectivity index (χ1v) is 10.3. The van der Waals surface area contributed by atoms with Crippen LogP contribution in [-0.2, 0) is 24.8 Å².